The van der Waals surface area contributed by atoms with E-state index in [1.807, 2.05) is 22.6 Å². The largest absolute Gasteiger partial charge is 0.383 e. The van der Waals surface area contributed by atoms with Crippen molar-refractivity contribution in [2.45, 2.75) is 31.8 Å². The molecule has 4 rings (SSSR count). The van der Waals surface area contributed by atoms with Gasteiger partial charge in [0.25, 0.3) is 5.91 Å². The highest BCUT2D eigenvalue weighted by Crippen LogP contribution is 2.37. The van der Waals surface area contributed by atoms with Crippen molar-refractivity contribution in [3.8, 4) is 0 Å². The standard InChI is InChI=1S/C20H29N7O3/c1-16-14-17(4-6-21-16)18(28)25-7-3-5-20(15-25,26-8-12-30-13-9-26)19-22-23-24-27(19)10-11-29-2/h4,6,14H,3,5,7-13,15H2,1-2H3. The Morgan fingerprint density at radius 1 is 1.30 bits per heavy atom. The molecule has 10 nitrogen and oxygen atoms in total. The van der Waals surface area contributed by atoms with Crippen LogP contribution in [0.4, 0.5) is 0 Å². The number of likely N-dealkylation sites (tertiary alicyclic amines) is 1. The van der Waals surface area contributed by atoms with Gasteiger partial charge in [0.15, 0.2) is 5.82 Å². The molecule has 1 amide bonds. The summed E-state index contributed by atoms with van der Waals surface area (Å²) in [5.41, 5.74) is 1.05. The zero-order chi connectivity index (χ0) is 21.0. The van der Waals surface area contributed by atoms with Crippen LogP contribution in [-0.2, 0) is 21.6 Å². The van der Waals surface area contributed by atoms with E-state index in [-0.39, 0.29) is 5.91 Å². The summed E-state index contributed by atoms with van der Waals surface area (Å²) in [5, 5.41) is 12.6. The van der Waals surface area contributed by atoms with E-state index in [1.165, 1.54) is 0 Å². The van der Waals surface area contributed by atoms with E-state index in [4.69, 9.17) is 9.47 Å². The molecule has 30 heavy (non-hydrogen) atoms. The van der Waals surface area contributed by atoms with Crippen LogP contribution in [-0.4, -0.2) is 94.0 Å². The smallest absolute Gasteiger partial charge is 0.254 e. The molecule has 1 unspecified atom stereocenters. The van der Waals surface area contributed by atoms with Gasteiger partial charge in [-0.05, 0) is 42.3 Å². The van der Waals surface area contributed by atoms with E-state index in [0.29, 0.717) is 45.0 Å². The summed E-state index contributed by atoms with van der Waals surface area (Å²) in [7, 11) is 1.67. The van der Waals surface area contributed by atoms with E-state index in [0.717, 1.165) is 37.4 Å². The number of methoxy groups -OCH3 is 1. The number of amides is 1. The number of tetrazole rings is 1. The Hall–Kier alpha value is -2.43. The fourth-order valence-corrected chi connectivity index (χ4v) is 4.51. The number of aromatic nitrogens is 5. The molecule has 2 aromatic heterocycles. The highest BCUT2D eigenvalue weighted by molar-refractivity contribution is 5.94. The average Bonchev–Trinajstić information content (AvgIpc) is 3.27. The van der Waals surface area contributed by atoms with Crippen molar-refractivity contribution in [2.24, 2.45) is 0 Å². The summed E-state index contributed by atoms with van der Waals surface area (Å²) in [5.74, 6) is 0.818. The van der Waals surface area contributed by atoms with Gasteiger partial charge in [-0.15, -0.1) is 5.10 Å². The number of pyridine rings is 1. The van der Waals surface area contributed by atoms with Crippen LogP contribution in [0.1, 0.15) is 34.7 Å². The molecule has 0 bridgehead atoms. The Kier molecular flexibility index (Phi) is 6.35. The quantitative estimate of drug-likeness (QED) is 0.672. The first-order chi connectivity index (χ1) is 14.6. The fraction of sp³-hybridized carbons (Fsp3) is 0.650. The summed E-state index contributed by atoms with van der Waals surface area (Å²) >= 11 is 0. The maximum absolute atomic E-state index is 13.3. The molecule has 0 spiro atoms. The lowest BCUT2D eigenvalue weighted by Gasteiger charge is -2.49. The zero-order valence-corrected chi connectivity index (χ0v) is 17.7. The van der Waals surface area contributed by atoms with Crippen LogP contribution < -0.4 is 0 Å². The molecule has 2 saturated heterocycles. The number of rotatable bonds is 6. The highest BCUT2D eigenvalue weighted by Gasteiger charge is 2.47. The molecule has 0 N–H and O–H groups in total. The minimum atomic E-state index is -0.447. The Bertz CT molecular complexity index is 868. The van der Waals surface area contributed by atoms with Gasteiger partial charge in [0.2, 0.25) is 0 Å². The SMILES string of the molecule is COCCn1nnnc1C1(N2CCOCC2)CCCN(C(=O)c2ccnc(C)c2)C1. The zero-order valence-electron chi connectivity index (χ0n) is 17.7. The highest BCUT2D eigenvalue weighted by atomic mass is 16.5. The van der Waals surface area contributed by atoms with Crippen molar-refractivity contribution in [2.75, 3.05) is 53.1 Å². The van der Waals surface area contributed by atoms with Gasteiger partial charge < -0.3 is 14.4 Å². The second-order valence-corrected chi connectivity index (χ2v) is 7.87. The molecule has 4 heterocycles. The van der Waals surface area contributed by atoms with Crippen molar-refractivity contribution in [1.82, 2.24) is 35.0 Å². The number of hydrogen-bond donors (Lipinski definition) is 0. The van der Waals surface area contributed by atoms with E-state index >= 15 is 0 Å². The van der Waals surface area contributed by atoms with Crippen LogP contribution >= 0.6 is 0 Å². The lowest BCUT2D eigenvalue weighted by Crippen LogP contribution is -2.61. The number of carbonyl (C=O) groups is 1. The van der Waals surface area contributed by atoms with Crippen LogP contribution in [0.2, 0.25) is 0 Å². The fourth-order valence-electron chi connectivity index (χ4n) is 4.51. The van der Waals surface area contributed by atoms with Gasteiger partial charge in [-0.1, -0.05) is 0 Å². The molecule has 0 radical (unpaired) electrons. The lowest BCUT2D eigenvalue weighted by molar-refractivity contribution is -0.0573. The summed E-state index contributed by atoms with van der Waals surface area (Å²) < 4.78 is 12.7. The first-order valence-corrected chi connectivity index (χ1v) is 10.4. The Balaban J connectivity index is 1.67. The van der Waals surface area contributed by atoms with Crippen LogP contribution in [0.25, 0.3) is 0 Å². The third kappa shape index (κ3) is 4.07. The van der Waals surface area contributed by atoms with Gasteiger partial charge in [0.05, 0.1) is 26.4 Å². The molecule has 162 valence electrons. The normalized spacial score (nSPS) is 22.9. The van der Waals surface area contributed by atoms with Gasteiger partial charge in [-0.2, -0.15) is 0 Å². The van der Waals surface area contributed by atoms with Crippen LogP contribution in [0.15, 0.2) is 18.3 Å². The Labute approximate surface area is 176 Å². The molecule has 0 saturated carbocycles. The minimum absolute atomic E-state index is 0.0220. The molecular formula is C20H29N7O3. The molecule has 2 fully saturated rings. The molecule has 0 aliphatic carbocycles. The Morgan fingerprint density at radius 3 is 2.90 bits per heavy atom. The molecule has 0 aromatic carbocycles. The first-order valence-electron chi connectivity index (χ1n) is 10.4. The van der Waals surface area contributed by atoms with Gasteiger partial charge in [-0.25, -0.2) is 4.68 Å². The summed E-state index contributed by atoms with van der Waals surface area (Å²) in [6.07, 6.45) is 3.46. The summed E-state index contributed by atoms with van der Waals surface area (Å²) in [6, 6.07) is 3.62. The second-order valence-electron chi connectivity index (χ2n) is 7.87. The van der Waals surface area contributed by atoms with E-state index in [1.54, 1.807) is 19.4 Å². The van der Waals surface area contributed by atoms with E-state index < -0.39 is 5.54 Å². The average molecular weight is 415 g/mol. The molecule has 2 aromatic rings. The van der Waals surface area contributed by atoms with Gasteiger partial charge in [0.1, 0.15) is 5.54 Å². The third-order valence-corrected chi connectivity index (χ3v) is 5.97. The Morgan fingerprint density at radius 2 is 2.13 bits per heavy atom. The van der Waals surface area contributed by atoms with Gasteiger partial charge in [0, 0.05) is 50.7 Å². The monoisotopic (exact) mass is 415 g/mol. The molecule has 2 aliphatic heterocycles. The predicted molar refractivity (Wildman–Crippen MR) is 108 cm³/mol. The van der Waals surface area contributed by atoms with E-state index in [9.17, 15) is 4.79 Å². The summed E-state index contributed by atoms with van der Waals surface area (Å²) in [4.78, 5) is 21.9. The van der Waals surface area contributed by atoms with Crippen molar-refractivity contribution < 1.29 is 14.3 Å². The topological polar surface area (TPSA) is 98.5 Å². The number of carbonyl (C=O) groups excluding carboxylic acids is 1. The number of ether oxygens (including phenoxy) is 2. The molecule has 10 heteroatoms. The maximum Gasteiger partial charge on any atom is 0.254 e. The summed E-state index contributed by atoms with van der Waals surface area (Å²) in [6.45, 7) is 7.15. The first kappa shape index (κ1) is 20.8. The van der Waals surface area contributed by atoms with Gasteiger partial charge in [-0.3, -0.25) is 14.7 Å². The van der Waals surface area contributed by atoms with Crippen LogP contribution in [0.5, 0.6) is 0 Å². The minimum Gasteiger partial charge on any atom is -0.383 e. The van der Waals surface area contributed by atoms with Crippen molar-refractivity contribution >= 4 is 5.91 Å². The third-order valence-electron chi connectivity index (χ3n) is 5.97. The number of morpholine rings is 1. The molecule has 2 aliphatic rings. The van der Waals surface area contributed by atoms with Crippen LogP contribution in [0, 0.1) is 6.92 Å². The van der Waals surface area contributed by atoms with Crippen LogP contribution in [0.3, 0.4) is 0 Å². The maximum atomic E-state index is 13.3. The van der Waals surface area contributed by atoms with Crippen molar-refractivity contribution in [3.05, 3.63) is 35.4 Å². The van der Waals surface area contributed by atoms with E-state index in [2.05, 4.69) is 25.4 Å². The lowest BCUT2D eigenvalue weighted by atomic mass is 9.85. The van der Waals surface area contributed by atoms with Gasteiger partial charge >= 0.3 is 0 Å². The van der Waals surface area contributed by atoms with Crippen molar-refractivity contribution in [1.29, 1.82) is 0 Å². The number of aryl methyl sites for hydroxylation is 1. The molecule has 1 atom stereocenters. The number of nitrogens with zero attached hydrogens (tertiary/aromatic N) is 7. The molecular weight excluding hydrogens is 386 g/mol. The predicted octanol–water partition coefficient (Wildman–Crippen LogP) is 0.487. The second kappa shape index (κ2) is 9.15. The number of piperidine rings is 1. The van der Waals surface area contributed by atoms with Crippen molar-refractivity contribution in [3.63, 3.8) is 0 Å². The number of hydrogen-bond acceptors (Lipinski definition) is 8.